The minimum absolute atomic E-state index is 0.360. The third kappa shape index (κ3) is 12.8. The molecule has 1 aliphatic carbocycles. The lowest BCUT2D eigenvalue weighted by atomic mass is 9.83. The first-order valence-electron chi connectivity index (χ1n) is 19.5. The van der Waals surface area contributed by atoms with Crippen LogP contribution in [0.1, 0.15) is 177 Å². The monoisotopic (exact) mass is 664 g/mol. The summed E-state index contributed by atoms with van der Waals surface area (Å²) in [6.07, 6.45) is 22.6. The van der Waals surface area contributed by atoms with Gasteiger partial charge in [-0.3, -0.25) is 9.59 Å². The lowest BCUT2D eigenvalue weighted by Crippen LogP contribution is -2.22. The minimum Gasteiger partial charge on any atom is -0.490 e. The third-order valence-electron chi connectivity index (χ3n) is 9.18. The SMILES string of the molecule is CCCCCCCOc1cc2c(cc1OCCCCCCC)-c1cc(OCCCCCCC)c(OCCCCCCC)cc1C(=O)C2=O. The van der Waals surface area contributed by atoms with Gasteiger partial charge in [0.25, 0.3) is 0 Å². The van der Waals surface area contributed by atoms with Crippen LogP contribution in [0.4, 0.5) is 0 Å². The summed E-state index contributed by atoms with van der Waals surface area (Å²) in [6.45, 7) is 11.1. The van der Waals surface area contributed by atoms with Crippen LogP contribution in [0, 0.1) is 0 Å². The van der Waals surface area contributed by atoms with E-state index >= 15 is 0 Å². The first-order chi connectivity index (χ1) is 23.5. The third-order valence-corrected chi connectivity index (χ3v) is 9.18. The second-order valence-corrected chi connectivity index (χ2v) is 13.4. The minimum atomic E-state index is -0.522. The van der Waals surface area contributed by atoms with Crippen molar-refractivity contribution in [3.8, 4) is 34.1 Å². The predicted molar refractivity (Wildman–Crippen MR) is 198 cm³/mol. The van der Waals surface area contributed by atoms with Gasteiger partial charge in [-0.1, -0.05) is 130 Å². The van der Waals surface area contributed by atoms with Crippen LogP contribution in [0.5, 0.6) is 23.0 Å². The van der Waals surface area contributed by atoms with Crippen molar-refractivity contribution in [1.82, 2.24) is 0 Å². The highest BCUT2D eigenvalue weighted by Gasteiger charge is 2.34. The van der Waals surface area contributed by atoms with E-state index in [2.05, 4.69) is 27.7 Å². The largest absolute Gasteiger partial charge is 0.490 e. The summed E-state index contributed by atoms with van der Waals surface area (Å²) in [5.74, 6) is 1.27. The number of carbonyl (C=O) groups is 2. The molecule has 3 rings (SSSR count). The molecule has 48 heavy (non-hydrogen) atoms. The van der Waals surface area contributed by atoms with Crippen molar-refractivity contribution in [3.63, 3.8) is 0 Å². The second kappa shape index (κ2) is 23.4. The summed E-state index contributed by atoms with van der Waals surface area (Å²) in [6, 6.07) is 7.26. The van der Waals surface area contributed by atoms with Gasteiger partial charge in [0, 0.05) is 11.1 Å². The van der Waals surface area contributed by atoms with Crippen LogP contribution in [0.3, 0.4) is 0 Å². The molecule has 6 heteroatoms. The van der Waals surface area contributed by atoms with E-state index in [9.17, 15) is 9.59 Å². The Morgan fingerprint density at radius 1 is 0.333 bits per heavy atom. The zero-order valence-corrected chi connectivity index (χ0v) is 30.7. The van der Waals surface area contributed by atoms with E-state index in [0.717, 1.165) is 51.4 Å². The molecule has 268 valence electrons. The molecule has 1 aliphatic rings. The van der Waals surface area contributed by atoms with Gasteiger partial charge in [0.15, 0.2) is 23.0 Å². The zero-order chi connectivity index (χ0) is 34.4. The lowest BCUT2D eigenvalue weighted by Gasteiger charge is -2.23. The van der Waals surface area contributed by atoms with Crippen LogP contribution in [-0.2, 0) is 0 Å². The van der Waals surface area contributed by atoms with E-state index in [1.165, 1.54) is 77.0 Å². The number of Topliss-reactive ketones (excluding diaryl/α,β-unsaturated/α-hetero) is 2. The van der Waals surface area contributed by atoms with Crippen LogP contribution in [-0.4, -0.2) is 38.0 Å². The van der Waals surface area contributed by atoms with E-state index < -0.39 is 11.6 Å². The van der Waals surface area contributed by atoms with E-state index in [1.807, 2.05) is 12.1 Å². The Balaban J connectivity index is 1.91. The fourth-order valence-corrected chi connectivity index (χ4v) is 6.19. The van der Waals surface area contributed by atoms with Gasteiger partial charge in [-0.15, -0.1) is 0 Å². The fourth-order valence-electron chi connectivity index (χ4n) is 6.19. The standard InChI is InChI=1S/C42H64O6/c1-5-9-13-17-21-25-45-37-29-33-34-30-38(46-26-22-18-14-10-6-2)40(48-28-24-20-16-12-8-4)32-36(34)42(44)41(43)35(33)31-39(37)47-27-23-19-15-11-7-3/h29-32H,5-28H2,1-4H3. The number of benzene rings is 2. The Morgan fingerprint density at radius 2 is 0.562 bits per heavy atom. The van der Waals surface area contributed by atoms with Gasteiger partial charge in [-0.2, -0.15) is 0 Å². The maximum Gasteiger partial charge on any atom is 0.234 e. The molecule has 0 aliphatic heterocycles. The van der Waals surface area contributed by atoms with Crippen molar-refractivity contribution < 1.29 is 28.5 Å². The number of hydrogen-bond donors (Lipinski definition) is 0. The van der Waals surface area contributed by atoms with E-state index in [4.69, 9.17) is 18.9 Å². The van der Waals surface area contributed by atoms with Gasteiger partial charge in [0.2, 0.25) is 11.6 Å². The number of hydrogen-bond acceptors (Lipinski definition) is 6. The first kappa shape index (κ1) is 39.4. The lowest BCUT2D eigenvalue weighted by molar-refractivity contribution is 0.0814. The Bertz CT molecular complexity index is 1140. The number of unbranched alkanes of at least 4 members (excludes halogenated alkanes) is 16. The molecule has 6 nitrogen and oxygen atoms in total. The van der Waals surface area contributed by atoms with Crippen LogP contribution in [0.25, 0.3) is 11.1 Å². The summed E-state index contributed by atoms with van der Waals surface area (Å²) in [4.78, 5) is 27.2. The second-order valence-electron chi connectivity index (χ2n) is 13.4. The normalized spacial score (nSPS) is 12.2. The average Bonchev–Trinajstić information content (AvgIpc) is 3.10. The van der Waals surface area contributed by atoms with E-state index in [-0.39, 0.29) is 0 Å². The fraction of sp³-hybridized carbons (Fsp3) is 0.667. The summed E-state index contributed by atoms with van der Waals surface area (Å²) < 4.78 is 25.1. The smallest absolute Gasteiger partial charge is 0.234 e. The molecule has 0 saturated carbocycles. The molecule has 2 aromatic rings. The van der Waals surface area contributed by atoms with Gasteiger partial charge in [0.1, 0.15) is 0 Å². The molecular formula is C42H64O6. The first-order valence-corrected chi connectivity index (χ1v) is 19.5. The number of carbonyl (C=O) groups excluding carboxylic acids is 2. The molecule has 0 bridgehead atoms. The van der Waals surface area contributed by atoms with Crippen molar-refractivity contribution >= 4 is 11.6 Å². The van der Waals surface area contributed by atoms with Gasteiger partial charge < -0.3 is 18.9 Å². The van der Waals surface area contributed by atoms with Crippen molar-refractivity contribution in [2.45, 2.75) is 156 Å². The molecule has 2 aromatic carbocycles. The number of fused-ring (bicyclic) bond motifs is 3. The zero-order valence-electron chi connectivity index (χ0n) is 30.7. The molecule has 0 atom stereocenters. The molecule has 0 fully saturated rings. The molecular weight excluding hydrogens is 600 g/mol. The summed E-state index contributed by atoms with van der Waals surface area (Å²) >= 11 is 0. The molecule has 0 unspecified atom stereocenters. The van der Waals surface area contributed by atoms with Gasteiger partial charge in [-0.25, -0.2) is 0 Å². The number of ether oxygens (including phenoxy) is 4. The van der Waals surface area contributed by atoms with Gasteiger partial charge in [-0.05, 0) is 61.1 Å². The molecule has 0 saturated heterocycles. The van der Waals surface area contributed by atoms with E-state index in [0.29, 0.717) is 71.7 Å². The Labute approximate surface area is 291 Å². The van der Waals surface area contributed by atoms with Crippen molar-refractivity contribution in [2.24, 2.45) is 0 Å². The molecule has 0 radical (unpaired) electrons. The summed E-state index contributed by atoms with van der Waals surface area (Å²) in [5, 5.41) is 0. The Hall–Kier alpha value is -3.02. The quantitative estimate of drug-likeness (QED) is 0.0666. The van der Waals surface area contributed by atoms with E-state index in [1.54, 1.807) is 12.1 Å². The average molecular weight is 665 g/mol. The molecule has 0 N–H and O–H groups in total. The van der Waals surface area contributed by atoms with Crippen molar-refractivity contribution in [3.05, 3.63) is 35.4 Å². The molecule has 0 heterocycles. The van der Waals surface area contributed by atoms with Crippen LogP contribution in [0.2, 0.25) is 0 Å². The van der Waals surface area contributed by atoms with Crippen molar-refractivity contribution in [2.75, 3.05) is 26.4 Å². The topological polar surface area (TPSA) is 71.1 Å². The van der Waals surface area contributed by atoms with Gasteiger partial charge in [0.05, 0.1) is 26.4 Å². The Kier molecular flexibility index (Phi) is 19.2. The highest BCUT2D eigenvalue weighted by molar-refractivity contribution is 6.53. The highest BCUT2D eigenvalue weighted by Crippen LogP contribution is 2.45. The summed E-state index contributed by atoms with van der Waals surface area (Å²) in [5.41, 5.74) is 2.09. The Morgan fingerprint density at radius 3 is 0.812 bits per heavy atom. The predicted octanol–water partition coefficient (Wildman–Crippen LogP) is 12.1. The van der Waals surface area contributed by atoms with Crippen LogP contribution < -0.4 is 18.9 Å². The number of rotatable bonds is 28. The molecule has 0 spiro atoms. The highest BCUT2D eigenvalue weighted by atomic mass is 16.5. The van der Waals surface area contributed by atoms with Gasteiger partial charge >= 0.3 is 0 Å². The maximum absolute atomic E-state index is 13.6. The maximum atomic E-state index is 13.6. The van der Waals surface area contributed by atoms with Crippen LogP contribution >= 0.6 is 0 Å². The summed E-state index contributed by atoms with van der Waals surface area (Å²) in [7, 11) is 0. The molecule has 0 amide bonds. The van der Waals surface area contributed by atoms with Crippen LogP contribution in [0.15, 0.2) is 24.3 Å². The van der Waals surface area contributed by atoms with Crippen molar-refractivity contribution in [1.29, 1.82) is 0 Å². The number of ketones is 2. The molecule has 0 aromatic heterocycles.